The van der Waals surface area contributed by atoms with Gasteiger partial charge in [-0.3, -0.25) is 4.68 Å². The number of hydrogen-bond donors (Lipinski definition) is 2. The number of hydrogen-bond acceptors (Lipinski definition) is 2. The highest BCUT2D eigenvalue weighted by Crippen LogP contribution is 2.20. The highest BCUT2D eigenvalue weighted by Gasteiger charge is 2.14. The molecule has 0 radical (unpaired) electrons. The highest BCUT2D eigenvalue weighted by molar-refractivity contribution is 5.89. The second-order valence-corrected chi connectivity index (χ2v) is 5.58. The van der Waals surface area contributed by atoms with E-state index in [-0.39, 0.29) is 12.1 Å². The molecule has 0 saturated carbocycles. The Bertz CT molecular complexity index is 621. The van der Waals surface area contributed by atoms with Gasteiger partial charge in [0.2, 0.25) is 0 Å². The molecule has 5 heteroatoms. The summed E-state index contributed by atoms with van der Waals surface area (Å²) < 4.78 is 1.94. The van der Waals surface area contributed by atoms with Gasteiger partial charge in [0.25, 0.3) is 0 Å². The highest BCUT2D eigenvalue weighted by atomic mass is 16.2. The molecule has 2 aromatic rings. The van der Waals surface area contributed by atoms with Crippen LogP contribution in [0.25, 0.3) is 0 Å². The lowest BCUT2D eigenvalue weighted by molar-refractivity contribution is 0.249. The van der Waals surface area contributed by atoms with E-state index in [0.717, 1.165) is 23.4 Å². The lowest BCUT2D eigenvalue weighted by atomic mass is 10.1. The van der Waals surface area contributed by atoms with Crippen molar-refractivity contribution in [2.45, 2.75) is 46.2 Å². The maximum atomic E-state index is 12.1. The summed E-state index contributed by atoms with van der Waals surface area (Å²) in [7, 11) is 0. The fraction of sp³-hybridized carbons (Fsp3) is 0.412. The molecule has 0 spiro atoms. The average Bonchev–Trinajstić information content (AvgIpc) is 2.88. The number of aromatic nitrogens is 2. The van der Waals surface area contributed by atoms with Gasteiger partial charge in [-0.2, -0.15) is 5.10 Å². The molecule has 1 aromatic heterocycles. The molecule has 2 rings (SSSR count). The summed E-state index contributed by atoms with van der Waals surface area (Å²) in [5.41, 5.74) is 2.79. The molecule has 0 fully saturated rings. The Hall–Kier alpha value is -2.30. The zero-order valence-electron chi connectivity index (χ0n) is 13.6. The summed E-state index contributed by atoms with van der Waals surface area (Å²) in [6.07, 6.45) is 2.70. The largest absolute Gasteiger partial charge is 0.331 e. The van der Waals surface area contributed by atoms with Crippen molar-refractivity contribution in [1.82, 2.24) is 15.1 Å². The molecule has 1 aromatic carbocycles. The maximum absolute atomic E-state index is 12.1. The second-order valence-electron chi connectivity index (χ2n) is 5.58. The van der Waals surface area contributed by atoms with Gasteiger partial charge in [0, 0.05) is 6.04 Å². The van der Waals surface area contributed by atoms with E-state index in [1.165, 1.54) is 0 Å². The smallest absolute Gasteiger partial charge is 0.319 e. The van der Waals surface area contributed by atoms with Gasteiger partial charge in [-0.15, -0.1) is 0 Å². The molecular formula is C17H24N4O. The summed E-state index contributed by atoms with van der Waals surface area (Å²) in [5, 5.41) is 10.2. The van der Waals surface area contributed by atoms with Crippen LogP contribution < -0.4 is 10.6 Å². The minimum Gasteiger partial charge on any atom is -0.331 e. The molecule has 5 nitrogen and oxygen atoms in total. The molecule has 0 unspecified atom stereocenters. The van der Waals surface area contributed by atoms with E-state index in [9.17, 15) is 4.79 Å². The van der Waals surface area contributed by atoms with Crippen molar-refractivity contribution in [3.05, 3.63) is 47.8 Å². The number of carbonyl (C=O) groups excluding carboxylic acids is 1. The predicted molar refractivity (Wildman–Crippen MR) is 89.0 cm³/mol. The predicted octanol–water partition coefficient (Wildman–Crippen LogP) is 4.05. The van der Waals surface area contributed by atoms with Gasteiger partial charge in [0.15, 0.2) is 0 Å². The first kappa shape index (κ1) is 16.1. The Kier molecular flexibility index (Phi) is 5.20. The van der Waals surface area contributed by atoms with Crippen LogP contribution in [0.3, 0.4) is 0 Å². The van der Waals surface area contributed by atoms with Gasteiger partial charge in [-0.1, -0.05) is 37.3 Å². The van der Waals surface area contributed by atoms with Crippen LogP contribution in [-0.2, 0) is 0 Å². The maximum Gasteiger partial charge on any atom is 0.319 e. The third-order valence-electron chi connectivity index (χ3n) is 3.95. The first-order valence-electron chi connectivity index (χ1n) is 7.69. The Labute approximate surface area is 131 Å². The molecule has 2 amide bonds. The molecule has 0 aliphatic carbocycles. The summed E-state index contributed by atoms with van der Waals surface area (Å²) in [4.78, 5) is 12.1. The van der Waals surface area contributed by atoms with Gasteiger partial charge < -0.3 is 10.6 Å². The molecule has 2 N–H and O–H groups in total. The van der Waals surface area contributed by atoms with Crippen molar-refractivity contribution in [3.63, 3.8) is 0 Å². The number of nitrogens with one attached hydrogen (secondary N) is 2. The topological polar surface area (TPSA) is 59.0 Å². The Morgan fingerprint density at radius 3 is 2.59 bits per heavy atom. The lowest BCUT2D eigenvalue weighted by Crippen LogP contribution is -2.31. The normalized spacial score (nSPS) is 13.5. The van der Waals surface area contributed by atoms with Crippen LogP contribution in [0.15, 0.2) is 36.5 Å². The number of amides is 2. The van der Waals surface area contributed by atoms with Crippen molar-refractivity contribution < 1.29 is 4.79 Å². The van der Waals surface area contributed by atoms with Crippen LogP contribution in [0.1, 0.15) is 50.5 Å². The summed E-state index contributed by atoms with van der Waals surface area (Å²) in [6.45, 7) is 8.16. The number of anilines is 1. The number of benzene rings is 1. The summed E-state index contributed by atoms with van der Waals surface area (Å²) in [5.74, 6) is 0. The van der Waals surface area contributed by atoms with Crippen molar-refractivity contribution in [3.8, 4) is 0 Å². The van der Waals surface area contributed by atoms with Crippen molar-refractivity contribution in [2.75, 3.05) is 5.32 Å². The van der Waals surface area contributed by atoms with E-state index in [2.05, 4.69) is 29.6 Å². The van der Waals surface area contributed by atoms with Crippen LogP contribution in [-0.4, -0.2) is 15.8 Å². The van der Waals surface area contributed by atoms with Crippen LogP contribution in [0.5, 0.6) is 0 Å². The average molecular weight is 300 g/mol. The molecule has 1 heterocycles. The molecule has 0 bridgehead atoms. The van der Waals surface area contributed by atoms with E-state index in [1.54, 1.807) is 6.20 Å². The standard InChI is InChI=1S/C17H24N4O/c1-5-12(2)21-14(4)16(11-18-21)20-17(22)19-13(3)15-9-7-6-8-10-15/h6-13H,5H2,1-4H3,(H2,19,20,22)/t12-,13+/m1/s1. The Morgan fingerprint density at radius 1 is 1.27 bits per heavy atom. The van der Waals surface area contributed by atoms with Crippen LogP contribution in [0.4, 0.5) is 10.5 Å². The first-order valence-corrected chi connectivity index (χ1v) is 7.69. The lowest BCUT2D eigenvalue weighted by Gasteiger charge is -2.15. The molecule has 0 saturated heterocycles. The number of carbonyl (C=O) groups is 1. The monoisotopic (exact) mass is 300 g/mol. The Balaban J connectivity index is 1.99. The molecule has 118 valence electrons. The van der Waals surface area contributed by atoms with Crippen LogP contribution in [0, 0.1) is 6.92 Å². The zero-order chi connectivity index (χ0) is 16.1. The minimum absolute atomic E-state index is 0.0499. The van der Waals surface area contributed by atoms with E-state index in [1.807, 2.05) is 48.9 Å². The fourth-order valence-corrected chi connectivity index (χ4v) is 2.34. The third kappa shape index (κ3) is 3.67. The van der Waals surface area contributed by atoms with Crippen LogP contribution >= 0.6 is 0 Å². The quantitative estimate of drug-likeness (QED) is 0.875. The van der Waals surface area contributed by atoms with E-state index >= 15 is 0 Å². The molecule has 0 aliphatic heterocycles. The first-order chi connectivity index (χ1) is 10.5. The van der Waals surface area contributed by atoms with Gasteiger partial charge in [-0.05, 0) is 32.8 Å². The summed E-state index contributed by atoms with van der Waals surface area (Å²) >= 11 is 0. The number of rotatable bonds is 5. The van der Waals surface area contributed by atoms with Gasteiger partial charge in [0.05, 0.1) is 23.6 Å². The van der Waals surface area contributed by atoms with Crippen molar-refractivity contribution >= 4 is 11.7 Å². The molecular weight excluding hydrogens is 276 g/mol. The van der Waals surface area contributed by atoms with E-state index in [4.69, 9.17) is 0 Å². The Morgan fingerprint density at radius 2 is 1.95 bits per heavy atom. The SMILES string of the molecule is CC[C@@H](C)n1ncc(NC(=O)N[C@@H](C)c2ccccc2)c1C. The number of urea groups is 1. The van der Waals surface area contributed by atoms with Crippen molar-refractivity contribution in [1.29, 1.82) is 0 Å². The van der Waals surface area contributed by atoms with E-state index < -0.39 is 0 Å². The number of nitrogens with zero attached hydrogens (tertiary/aromatic N) is 2. The fourth-order valence-electron chi connectivity index (χ4n) is 2.34. The molecule has 2 atom stereocenters. The molecule has 0 aliphatic rings. The van der Waals surface area contributed by atoms with Gasteiger partial charge in [-0.25, -0.2) is 4.79 Å². The molecule has 22 heavy (non-hydrogen) atoms. The third-order valence-corrected chi connectivity index (χ3v) is 3.95. The van der Waals surface area contributed by atoms with Crippen LogP contribution in [0.2, 0.25) is 0 Å². The summed E-state index contributed by atoms with van der Waals surface area (Å²) in [6, 6.07) is 9.94. The zero-order valence-corrected chi connectivity index (χ0v) is 13.6. The van der Waals surface area contributed by atoms with Crippen molar-refractivity contribution in [2.24, 2.45) is 0 Å². The van der Waals surface area contributed by atoms with Gasteiger partial charge >= 0.3 is 6.03 Å². The minimum atomic E-state index is -0.219. The van der Waals surface area contributed by atoms with E-state index in [0.29, 0.717) is 6.04 Å². The second kappa shape index (κ2) is 7.11. The van der Waals surface area contributed by atoms with Gasteiger partial charge in [0.1, 0.15) is 0 Å².